The Kier molecular flexibility index (Phi) is 5.49. The van der Waals surface area contributed by atoms with Gasteiger partial charge in [-0.2, -0.15) is 0 Å². The van der Waals surface area contributed by atoms with Crippen molar-refractivity contribution >= 4 is 17.4 Å². The van der Waals surface area contributed by atoms with Crippen LogP contribution in [0.2, 0.25) is 0 Å². The topological polar surface area (TPSA) is 26.3 Å². The molecule has 2 nitrogen and oxygen atoms in total. The normalized spacial score (nSPS) is 12.2. The van der Waals surface area contributed by atoms with Crippen molar-refractivity contribution in [2.45, 2.75) is 39.0 Å². The molecule has 1 aromatic rings. The largest absolute Gasteiger partial charge is 0.493 e. The zero-order chi connectivity index (χ0) is 12.8. The number of ether oxygens (including phenoxy) is 1. The second kappa shape index (κ2) is 6.65. The molecule has 0 aliphatic carbocycles. The first kappa shape index (κ1) is 14.0. The fraction of sp³-hybridized carbons (Fsp3) is 0.500. The van der Waals surface area contributed by atoms with Crippen LogP contribution < -0.4 is 4.74 Å². The number of Topliss-reactive ketones (excluding diaryl/α,β-unsaturated/α-hetero) is 1. The third-order valence-electron chi connectivity index (χ3n) is 2.52. The maximum Gasteiger partial charge on any atom is 0.184 e. The monoisotopic (exact) mass is 254 g/mol. The van der Waals surface area contributed by atoms with Crippen molar-refractivity contribution < 1.29 is 9.53 Å². The maximum absolute atomic E-state index is 11.9. The first-order chi connectivity index (χ1) is 8.06. The molecule has 0 saturated heterocycles. The van der Waals surface area contributed by atoms with E-state index in [0.29, 0.717) is 17.9 Å². The summed E-state index contributed by atoms with van der Waals surface area (Å²) in [5.41, 5.74) is 1.62. The van der Waals surface area contributed by atoms with Crippen LogP contribution in [0.5, 0.6) is 5.75 Å². The minimum Gasteiger partial charge on any atom is -0.493 e. The molecule has 0 aliphatic rings. The number of unbranched alkanes of at least 4 members (excludes halogenated alkanes) is 1. The molecule has 0 radical (unpaired) electrons. The Balaban J connectivity index is 2.91. The van der Waals surface area contributed by atoms with Crippen LogP contribution in [0.25, 0.3) is 0 Å². The Morgan fingerprint density at radius 2 is 2.18 bits per heavy atom. The molecular formula is C14H19ClO2. The van der Waals surface area contributed by atoms with E-state index in [9.17, 15) is 4.79 Å². The highest BCUT2D eigenvalue weighted by molar-refractivity contribution is 6.33. The third-order valence-corrected chi connectivity index (χ3v) is 2.72. The molecule has 0 amide bonds. The van der Waals surface area contributed by atoms with Gasteiger partial charge < -0.3 is 4.74 Å². The first-order valence-electron chi connectivity index (χ1n) is 5.98. The number of halogens is 1. The van der Waals surface area contributed by atoms with Gasteiger partial charge in [0.05, 0.1) is 17.5 Å². The standard InChI is InChI=1S/C14H19ClO2/c1-4-5-8-17-13-7-6-10(2)9-12(13)14(16)11(3)15/h6-7,9,11H,4-5,8H2,1-3H3. The van der Waals surface area contributed by atoms with E-state index in [0.717, 1.165) is 18.4 Å². The molecule has 0 aliphatic heterocycles. The number of benzene rings is 1. The number of hydrogen-bond acceptors (Lipinski definition) is 2. The van der Waals surface area contributed by atoms with E-state index in [-0.39, 0.29) is 5.78 Å². The lowest BCUT2D eigenvalue weighted by molar-refractivity contribution is 0.0987. The second-order valence-corrected chi connectivity index (χ2v) is 4.84. The zero-order valence-corrected chi connectivity index (χ0v) is 11.4. The maximum atomic E-state index is 11.9. The number of hydrogen-bond donors (Lipinski definition) is 0. The van der Waals surface area contributed by atoms with Gasteiger partial charge in [-0.05, 0) is 32.4 Å². The molecule has 0 bridgehead atoms. The van der Waals surface area contributed by atoms with Crippen molar-refractivity contribution in [1.82, 2.24) is 0 Å². The van der Waals surface area contributed by atoms with Crippen LogP contribution in [0.3, 0.4) is 0 Å². The smallest absolute Gasteiger partial charge is 0.184 e. The molecule has 0 fully saturated rings. The van der Waals surface area contributed by atoms with Gasteiger partial charge in [-0.15, -0.1) is 11.6 Å². The molecule has 1 unspecified atom stereocenters. The predicted octanol–water partition coefficient (Wildman–Crippen LogP) is 3.98. The minimum absolute atomic E-state index is 0.0816. The van der Waals surface area contributed by atoms with Crippen LogP contribution in [-0.2, 0) is 0 Å². The fourth-order valence-electron chi connectivity index (χ4n) is 1.50. The molecule has 0 spiro atoms. The van der Waals surface area contributed by atoms with Crippen LogP contribution in [0.1, 0.15) is 42.6 Å². The van der Waals surface area contributed by atoms with Gasteiger partial charge in [0.25, 0.3) is 0 Å². The molecule has 94 valence electrons. The minimum atomic E-state index is -0.523. The van der Waals surface area contributed by atoms with E-state index in [2.05, 4.69) is 6.92 Å². The van der Waals surface area contributed by atoms with Gasteiger partial charge in [0.1, 0.15) is 5.75 Å². The summed E-state index contributed by atoms with van der Waals surface area (Å²) in [6, 6.07) is 5.62. The highest BCUT2D eigenvalue weighted by atomic mass is 35.5. The third kappa shape index (κ3) is 4.04. The Morgan fingerprint density at radius 1 is 1.47 bits per heavy atom. The Bertz CT molecular complexity index is 386. The van der Waals surface area contributed by atoms with Crippen molar-refractivity contribution in [2.24, 2.45) is 0 Å². The number of ketones is 1. The van der Waals surface area contributed by atoms with Crippen LogP contribution >= 0.6 is 11.6 Å². The zero-order valence-electron chi connectivity index (χ0n) is 10.6. The molecule has 0 N–H and O–H groups in total. The quantitative estimate of drug-likeness (QED) is 0.436. The highest BCUT2D eigenvalue weighted by Gasteiger charge is 2.17. The number of alkyl halides is 1. The van der Waals surface area contributed by atoms with Gasteiger partial charge in [0, 0.05) is 0 Å². The lowest BCUT2D eigenvalue weighted by Gasteiger charge is -2.12. The van der Waals surface area contributed by atoms with E-state index >= 15 is 0 Å². The van der Waals surface area contributed by atoms with E-state index in [4.69, 9.17) is 16.3 Å². The number of rotatable bonds is 6. The van der Waals surface area contributed by atoms with E-state index in [1.54, 1.807) is 6.92 Å². The van der Waals surface area contributed by atoms with Gasteiger partial charge in [-0.1, -0.05) is 25.0 Å². The van der Waals surface area contributed by atoms with Crippen molar-refractivity contribution in [3.8, 4) is 5.75 Å². The van der Waals surface area contributed by atoms with Crippen molar-refractivity contribution in [3.05, 3.63) is 29.3 Å². The molecule has 0 aromatic heterocycles. The Labute approximate surface area is 108 Å². The van der Waals surface area contributed by atoms with E-state index in [1.165, 1.54) is 0 Å². The molecular weight excluding hydrogens is 236 g/mol. The fourth-order valence-corrected chi connectivity index (χ4v) is 1.62. The number of aryl methyl sites for hydroxylation is 1. The molecule has 17 heavy (non-hydrogen) atoms. The van der Waals surface area contributed by atoms with Crippen LogP contribution in [0.4, 0.5) is 0 Å². The van der Waals surface area contributed by atoms with Crippen LogP contribution in [0, 0.1) is 6.92 Å². The summed E-state index contributed by atoms with van der Waals surface area (Å²) in [5, 5.41) is -0.523. The Morgan fingerprint density at radius 3 is 2.76 bits per heavy atom. The molecule has 3 heteroatoms. The summed E-state index contributed by atoms with van der Waals surface area (Å²) >= 11 is 5.84. The summed E-state index contributed by atoms with van der Waals surface area (Å²) in [6.07, 6.45) is 2.05. The van der Waals surface area contributed by atoms with Crippen LogP contribution in [0.15, 0.2) is 18.2 Å². The molecule has 0 heterocycles. The van der Waals surface area contributed by atoms with E-state index in [1.807, 2.05) is 25.1 Å². The van der Waals surface area contributed by atoms with Gasteiger partial charge in [0.2, 0.25) is 0 Å². The van der Waals surface area contributed by atoms with Gasteiger partial charge >= 0.3 is 0 Å². The summed E-state index contributed by atoms with van der Waals surface area (Å²) in [7, 11) is 0. The lowest BCUT2D eigenvalue weighted by atomic mass is 10.0. The van der Waals surface area contributed by atoms with E-state index < -0.39 is 5.38 Å². The first-order valence-corrected chi connectivity index (χ1v) is 6.41. The van der Waals surface area contributed by atoms with Gasteiger partial charge in [-0.25, -0.2) is 0 Å². The summed E-state index contributed by atoms with van der Waals surface area (Å²) in [6.45, 7) is 6.37. The molecule has 1 atom stereocenters. The summed E-state index contributed by atoms with van der Waals surface area (Å²) in [5.74, 6) is 0.559. The summed E-state index contributed by atoms with van der Waals surface area (Å²) in [4.78, 5) is 11.9. The molecule has 1 rings (SSSR count). The SMILES string of the molecule is CCCCOc1ccc(C)cc1C(=O)C(C)Cl. The number of carbonyl (C=O) groups excluding carboxylic acids is 1. The molecule has 0 saturated carbocycles. The molecule has 1 aromatic carbocycles. The highest BCUT2D eigenvalue weighted by Crippen LogP contribution is 2.23. The average Bonchev–Trinajstić information content (AvgIpc) is 2.30. The predicted molar refractivity (Wildman–Crippen MR) is 71.2 cm³/mol. The number of carbonyl (C=O) groups is 1. The average molecular weight is 255 g/mol. The van der Waals surface area contributed by atoms with Crippen molar-refractivity contribution in [2.75, 3.05) is 6.61 Å². The second-order valence-electron chi connectivity index (χ2n) is 4.18. The van der Waals surface area contributed by atoms with Gasteiger partial charge in [0.15, 0.2) is 5.78 Å². The Hall–Kier alpha value is -1.02. The summed E-state index contributed by atoms with van der Waals surface area (Å²) < 4.78 is 5.62. The van der Waals surface area contributed by atoms with Crippen molar-refractivity contribution in [1.29, 1.82) is 0 Å². The van der Waals surface area contributed by atoms with Gasteiger partial charge in [-0.3, -0.25) is 4.79 Å². The lowest BCUT2D eigenvalue weighted by Crippen LogP contribution is -2.13. The van der Waals surface area contributed by atoms with Crippen LogP contribution in [-0.4, -0.2) is 17.8 Å². The van der Waals surface area contributed by atoms with Crippen molar-refractivity contribution in [3.63, 3.8) is 0 Å².